The van der Waals surface area contributed by atoms with E-state index in [-0.39, 0.29) is 17.6 Å². The molecule has 1 aromatic heterocycles. The molecule has 2 atom stereocenters. The van der Waals surface area contributed by atoms with Crippen LogP contribution in [0.4, 0.5) is 0 Å². The lowest BCUT2D eigenvalue weighted by Gasteiger charge is -2.33. The number of benzene rings is 2. The molecule has 1 fully saturated rings. The van der Waals surface area contributed by atoms with Crippen molar-refractivity contribution >= 4 is 28.5 Å². The van der Waals surface area contributed by atoms with Crippen LogP contribution in [0.5, 0.6) is 0 Å². The molecule has 0 bridgehead atoms. The molecular weight excluding hydrogens is 386 g/mol. The predicted octanol–water partition coefficient (Wildman–Crippen LogP) is 3.74. The van der Waals surface area contributed by atoms with Crippen molar-refractivity contribution in [3.05, 3.63) is 71.0 Å². The predicted molar refractivity (Wildman–Crippen MR) is 113 cm³/mol. The molecule has 1 saturated carbocycles. The Kier molecular flexibility index (Phi) is 5.48. The van der Waals surface area contributed by atoms with Crippen LogP contribution in [0, 0.1) is 11.8 Å². The summed E-state index contributed by atoms with van der Waals surface area (Å²) in [5.41, 5.74) is 1.29. The maximum atomic E-state index is 12.6. The minimum absolute atomic E-state index is 0.178. The number of carbonyl (C=O) groups is 1. The number of nitrogens with zero attached hydrogens (tertiary/aromatic N) is 2. The highest BCUT2D eigenvalue weighted by molar-refractivity contribution is 6.30. The van der Waals surface area contributed by atoms with Crippen molar-refractivity contribution in [2.75, 3.05) is 0 Å². The number of hydrogen-bond acceptors (Lipinski definition) is 4. The maximum absolute atomic E-state index is 12.6. The van der Waals surface area contributed by atoms with Crippen LogP contribution < -0.4 is 5.32 Å². The van der Waals surface area contributed by atoms with Gasteiger partial charge in [0, 0.05) is 23.0 Å². The SMILES string of the molecule is O=C(NC1CCCC(O)(C#Cc2cccc(Cl)c2)C1)c1cnc2ccccc2n1. The van der Waals surface area contributed by atoms with E-state index in [0.29, 0.717) is 23.4 Å². The summed E-state index contributed by atoms with van der Waals surface area (Å²) in [4.78, 5) is 21.3. The second kappa shape index (κ2) is 8.20. The largest absolute Gasteiger partial charge is 0.378 e. The second-order valence-electron chi connectivity index (χ2n) is 7.30. The first-order valence-corrected chi connectivity index (χ1v) is 9.92. The summed E-state index contributed by atoms with van der Waals surface area (Å²) in [6, 6.07) is 14.5. The van der Waals surface area contributed by atoms with Crippen molar-refractivity contribution in [1.82, 2.24) is 15.3 Å². The van der Waals surface area contributed by atoms with E-state index in [1.165, 1.54) is 6.20 Å². The molecule has 5 nitrogen and oxygen atoms in total. The minimum atomic E-state index is -1.15. The van der Waals surface area contributed by atoms with Crippen LogP contribution in [0.3, 0.4) is 0 Å². The molecule has 3 aromatic rings. The minimum Gasteiger partial charge on any atom is -0.378 e. The number of halogens is 1. The number of carbonyl (C=O) groups excluding carboxylic acids is 1. The number of aromatic nitrogens is 2. The Bertz CT molecular complexity index is 1120. The van der Waals surface area contributed by atoms with E-state index in [1.807, 2.05) is 36.4 Å². The molecule has 4 rings (SSSR count). The van der Waals surface area contributed by atoms with E-state index >= 15 is 0 Å². The van der Waals surface area contributed by atoms with Gasteiger partial charge in [-0.15, -0.1) is 0 Å². The molecule has 1 amide bonds. The number of aliphatic hydroxyl groups is 1. The van der Waals surface area contributed by atoms with Gasteiger partial charge >= 0.3 is 0 Å². The molecule has 1 aliphatic rings. The third-order valence-corrected chi connectivity index (χ3v) is 5.24. The van der Waals surface area contributed by atoms with Crippen LogP contribution in [0.25, 0.3) is 11.0 Å². The summed E-state index contributed by atoms with van der Waals surface area (Å²) in [5, 5.41) is 14.5. The van der Waals surface area contributed by atoms with Gasteiger partial charge in [-0.05, 0) is 49.6 Å². The molecule has 0 radical (unpaired) electrons. The number of para-hydroxylation sites is 2. The summed E-state index contributed by atoms with van der Waals surface area (Å²) in [6.45, 7) is 0. The smallest absolute Gasteiger partial charge is 0.271 e. The second-order valence-corrected chi connectivity index (χ2v) is 7.74. The molecule has 0 spiro atoms. The molecule has 6 heteroatoms. The summed E-state index contributed by atoms with van der Waals surface area (Å²) in [6.07, 6.45) is 3.98. The average molecular weight is 406 g/mol. The Morgan fingerprint density at radius 2 is 2.03 bits per heavy atom. The van der Waals surface area contributed by atoms with Gasteiger partial charge in [0.05, 0.1) is 17.2 Å². The van der Waals surface area contributed by atoms with Crippen LogP contribution in [0.2, 0.25) is 5.02 Å². The lowest BCUT2D eigenvalue weighted by Crippen LogP contribution is -2.45. The molecule has 2 unspecified atom stereocenters. The number of rotatable bonds is 2. The number of amides is 1. The van der Waals surface area contributed by atoms with Crippen molar-refractivity contribution in [2.45, 2.75) is 37.3 Å². The Hall–Kier alpha value is -2.94. The fourth-order valence-electron chi connectivity index (χ4n) is 3.57. The molecule has 2 aromatic carbocycles. The molecule has 0 aliphatic heterocycles. The normalized spacial score (nSPS) is 21.2. The zero-order valence-corrected chi connectivity index (χ0v) is 16.5. The van der Waals surface area contributed by atoms with E-state index in [2.05, 4.69) is 27.1 Å². The Morgan fingerprint density at radius 3 is 2.86 bits per heavy atom. The van der Waals surface area contributed by atoms with Crippen LogP contribution in [0.15, 0.2) is 54.7 Å². The van der Waals surface area contributed by atoms with Gasteiger partial charge in [0.15, 0.2) is 0 Å². The maximum Gasteiger partial charge on any atom is 0.271 e. The standard InChI is InChI=1S/C23H20ClN3O2/c24-17-6-3-5-16(13-17)10-12-23(29)11-4-7-18(14-23)26-22(28)21-15-25-19-8-1-2-9-20(19)27-21/h1-3,5-6,8-9,13,15,18,29H,4,7,11,14H2,(H,26,28). The highest BCUT2D eigenvalue weighted by Gasteiger charge is 2.33. The van der Waals surface area contributed by atoms with Gasteiger partial charge in [0.1, 0.15) is 11.3 Å². The monoisotopic (exact) mass is 405 g/mol. The van der Waals surface area contributed by atoms with Crippen LogP contribution in [0.1, 0.15) is 41.7 Å². The van der Waals surface area contributed by atoms with E-state index in [1.54, 1.807) is 12.1 Å². The van der Waals surface area contributed by atoms with E-state index in [0.717, 1.165) is 23.9 Å². The van der Waals surface area contributed by atoms with Gasteiger partial charge in [0.25, 0.3) is 5.91 Å². The van der Waals surface area contributed by atoms with Gasteiger partial charge in [-0.25, -0.2) is 4.98 Å². The first-order valence-electron chi connectivity index (χ1n) is 9.55. The van der Waals surface area contributed by atoms with E-state index in [4.69, 9.17) is 11.6 Å². The summed E-state index contributed by atoms with van der Waals surface area (Å²) in [7, 11) is 0. The number of fused-ring (bicyclic) bond motifs is 1. The molecule has 146 valence electrons. The van der Waals surface area contributed by atoms with Crippen molar-refractivity contribution in [3.8, 4) is 11.8 Å². The van der Waals surface area contributed by atoms with Crippen LogP contribution >= 0.6 is 11.6 Å². The van der Waals surface area contributed by atoms with Gasteiger partial charge in [-0.2, -0.15) is 0 Å². The number of nitrogens with one attached hydrogen (secondary N) is 1. The first kappa shape index (κ1) is 19.4. The topological polar surface area (TPSA) is 75.1 Å². The van der Waals surface area contributed by atoms with Crippen molar-refractivity contribution in [2.24, 2.45) is 0 Å². The Morgan fingerprint density at radius 1 is 1.21 bits per heavy atom. The van der Waals surface area contributed by atoms with Gasteiger partial charge < -0.3 is 10.4 Å². The molecule has 0 saturated heterocycles. The lowest BCUT2D eigenvalue weighted by atomic mass is 9.82. The van der Waals surface area contributed by atoms with Crippen molar-refractivity contribution in [3.63, 3.8) is 0 Å². The highest BCUT2D eigenvalue weighted by Crippen LogP contribution is 2.28. The average Bonchev–Trinajstić information content (AvgIpc) is 2.72. The van der Waals surface area contributed by atoms with Gasteiger partial charge in [-0.3, -0.25) is 9.78 Å². The quantitative estimate of drug-likeness (QED) is 0.637. The molecule has 1 heterocycles. The Balaban J connectivity index is 1.45. The van der Waals surface area contributed by atoms with E-state index < -0.39 is 5.60 Å². The lowest BCUT2D eigenvalue weighted by molar-refractivity contribution is 0.0451. The third kappa shape index (κ3) is 4.73. The van der Waals surface area contributed by atoms with Gasteiger partial charge in [-0.1, -0.05) is 41.6 Å². The fourth-order valence-corrected chi connectivity index (χ4v) is 3.76. The van der Waals surface area contributed by atoms with Crippen molar-refractivity contribution < 1.29 is 9.90 Å². The molecule has 1 aliphatic carbocycles. The van der Waals surface area contributed by atoms with Crippen molar-refractivity contribution in [1.29, 1.82) is 0 Å². The summed E-state index contributed by atoms with van der Waals surface area (Å²) in [5.74, 6) is 5.69. The Labute approximate surface area is 174 Å². The first-order chi connectivity index (χ1) is 14.0. The molecule has 29 heavy (non-hydrogen) atoms. The van der Waals surface area contributed by atoms with Crippen LogP contribution in [-0.2, 0) is 0 Å². The molecule has 2 N–H and O–H groups in total. The summed E-state index contributed by atoms with van der Waals surface area (Å²) >= 11 is 5.99. The molecular formula is C23H20ClN3O2. The zero-order valence-electron chi connectivity index (χ0n) is 15.7. The third-order valence-electron chi connectivity index (χ3n) is 5.01. The fraction of sp³-hybridized carbons (Fsp3) is 0.261. The van der Waals surface area contributed by atoms with Gasteiger partial charge in [0.2, 0.25) is 0 Å². The highest BCUT2D eigenvalue weighted by atomic mass is 35.5. The zero-order chi connectivity index (χ0) is 20.3. The van der Waals surface area contributed by atoms with E-state index in [9.17, 15) is 9.90 Å². The number of hydrogen-bond donors (Lipinski definition) is 2. The summed E-state index contributed by atoms with van der Waals surface area (Å²) < 4.78 is 0. The van der Waals surface area contributed by atoms with Crippen LogP contribution in [-0.4, -0.2) is 32.6 Å².